The predicted octanol–water partition coefficient (Wildman–Crippen LogP) is 3.89. The standard InChI is InChI=1S/C17H11N3/c1-2-7-15-13(5-1)14-6-3-4-12-8-10-19-11-9-18-17(19)20(15)16(12)14/h1-11H. The molecule has 0 aliphatic heterocycles. The van der Waals surface area contributed by atoms with Crippen molar-refractivity contribution in [2.45, 2.75) is 0 Å². The first kappa shape index (κ1) is 10.0. The van der Waals surface area contributed by atoms with E-state index >= 15 is 0 Å². The molecule has 2 aromatic carbocycles. The highest BCUT2D eigenvalue weighted by Crippen LogP contribution is 2.31. The van der Waals surface area contributed by atoms with E-state index in [0.717, 1.165) is 5.78 Å². The summed E-state index contributed by atoms with van der Waals surface area (Å²) in [5.74, 6) is 0.942. The van der Waals surface area contributed by atoms with E-state index in [1.807, 2.05) is 12.4 Å². The summed E-state index contributed by atoms with van der Waals surface area (Å²) in [7, 11) is 0. The number of rotatable bonds is 0. The molecular weight excluding hydrogens is 246 g/mol. The fourth-order valence-electron chi connectivity index (χ4n) is 3.14. The number of hydrogen-bond donors (Lipinski definition) is 0. The van der Waals surface area contributed by atoms with Gasteiger partial charge in [-0.05, 0) is 12.1 Å². The second-order valence-corrected chi connectivity index (χ2v) is 5.05. The normalized spacial score (nSPS) is 12.0. The first-order chi connectivity index (χ1) is 9.93. The highest BCUT2D eigenvalue weighted by Gasteiger charge is 2.11. The van der Waals surface area contributed by atoms with Crippen LogP contribution >= 0.6 is 0 Å². The molecule has 0 unspecified atom stereocenters. The maximum atomic E-state index is 4.54. The maximum absolute atomic E-state index is 4.54. The molecule has 94 valence electrons. The Morgan fingerprint density at radius 1 is 0.800 bits per heavy atom. The summed E-state index contributed by atoms with van der Waals surface area (Å²) in [5.41, 5.74) is 2.43. The molecule has 0 amide bonds. The van der Waals surface area contributed by atoms with Crippen LogP contribution in [0.1, 0.15) is 0 Å². The summed E-state index contributed by atoms with van der Waals surface area (Å²) in [6, 6.07) is 17.1. The smallest absolute Gasteiger partial charge is 0.218 e. The summed E-state index contributed by atoms with van der Waals surface area (Å²) in [4.78, 5) is 4.54. The average molecular weight is 257 g/mol. The lowest BCUT2D eigenvalue weighted by Crippen LogP contribution is -1.88. The highest BCUT2D eigenvalue weighted by molar-refractivity contribution is 6.14. The van der Waals surface area contributed by atoms with Crippen molar-refractivity contribution < 1.29 is 0 Å². The van der Waals surface area contributed by atoms with Gasteiger partial charge in [-0.25, -0.2) is 4.98 Å². The molecular formula is C17H11N3. The van der Waals surface area contributed by atoms with Gasteiger partial charge in [-0.1, -0.05) is 36.4 Å². The minimum Gasteiger partial charge on any atom is -0.292 e. The SMILES string of the molecule is c1ccc2c(c1)c1cccc3ccn4ccnc4n2c31. The fraction of sp³-hybridized carbons (Fsp3) is 0. The lowest BCUT2D eigenvalue weighted by Gasteiger charge is -1.96. The van der Waals surface area contributed by atoms with Crippen LogP contribution in [0, 0.1) is 0 Å². The minimum atomic E-state index is 0.942. The summed E-state index contributed by atoms with van der Waals surface area (Å²) in [6.07, 6.45) is 5.89. The van der Waals surface area contributed by atoms with Crippen molar-refractivity contribution in [1.82, 2.24) is 13.8 Å². The number of imidazole rings is 1. The summed E-state index contributed by atoms with van der Waals surface area (Å²) < 4.78 is 4.31. The first-order valence-electron chi connectivity index (χ1n) is 6.67. The molecule has 0 bridgehead atoms. The topological polar surface area (TPSA) is 21.7 Å². The Morgan fingerprint density at radius 2 is 1.70 bits per heavy atom. The molecule has 0 spiro atoms. The van der Waals surface area contributed by atoms with Crippen LogP contribution in [0.25, 0.3) is 33.0 Å². The van der Waals surface area contributed by atoms with E-state index in [0.29, 0.717) is 0 Å². The summed E-state index contributed by atoms with van der Waals surface area (Å²) in [5, 5.41) is 3.78. The number of nitrogens with zero attached hydrogens (tertiary/aromatic N) is 3. The molecule has 3 heteroatoms. The van der Waals surface area contributed by atoms with Gasteiger partial charge in [0.2, 0.25) is 5.78 Å². The van der Waals surface area contributed by atoms with Crippen molar-refractivity contribution >= 4 is 33.0 Å². The molecule has 0 saturated carbocycles. The van der Waals surface area contributed by atoms with Crippen molar-refractivity contribution in [3.8, 4) is 0 Å². The number of aromatic nitrogens is 3. The molecule has 3 heterocycles. The molecule has 5 rings (SSSR count). The fourth-order valence-corrected chi connectivity index (χ4v) is 3.14. The van der Waals surface area contributed by atoms with E-state index in [2.05, 4.69) is 68.5 Å². The van der Waals surface area contributed by atoms with Gasteiger partial charge in [0.1, 0.15) is 0 Å². The molecule has 0 saturated heterocycles. The zero-order valence-corrected chi connectivity index (χ0v) is 10.7. The predicted molar refractivity (Wildman–Crippen MR) is 81.2 cm³/mol. The molecule has 0 aliphatic carbocycles. The second kappa shape index (κ2) is 3.39. The Hall–Kier alpha value is -2.81. The van der Waals surface area contributed by atoms with Crippen LogP contribution in [0.15, 0.2) is 67.1 Å². The van der Waals surface area contributed by atoms with Gasteiger partial charge in [0.05, 0.1) is 11.0 Å². The van der Waals surface area contributed by atoms with E-state index in [1.54, 1.807) is 0 Å². The lowest BCUT2D eigenvalue weighted by molar-refractivity contribution is 1.12. The van der Waals surface area contributed by atoms with E-state index < -0.39 is 0 Å². The van der Waals surface area contributed by atoms with Gasteiger partial charge < -0.3 is 0 Å². The van der Waals surface area contributed by atoms with Crippen LogP contribution in [0.3, 0.4) is 0 Å². The lowest BCUT2D eigenvalue weighted by atomic mass is 10.1. The highest BCUT2D eigenvalue weighted by atomic mass is 15.1. The third-order valence-corrected chi connectivity index (χ3v) is 3.99. The van der Waals surface area contributed by atoms with Crippen molar-refractivity contribution in [3.05, 3.63) is 67.1 Å². The molecule has 3 nitrogen and oxygen atoms in total. The molecule has 0 atom stereocenters. The molecule has 0 radical (unpaired) electrons. The van der Waals surface area contributed by atoms with Gasteiger partial charge in [-0.3, -0.25) is 8.80 Å². The quantitative estimate of drug-likeness (QED) is 0.412. The van der Waals surface area contributed by atoms with Crippen LogP contribution in [-0.4, -0.2) is 13.8 Å². The van der Waals surface area contributed by atoms with Gasteiger partial charge in [-0.15, -0.1) is 0 Å². The first-order valence-corrected chi connectivity index (χ1v) is 6.67. The minimum absolute atomic E-state index is 0.942. The zero-order valence-electron chi connectivity index (χ0n) is 10.7. The molecule has 0 N–H and O–H groups in total. The Morgan fingerprint density at radius 3 is 2.70 bits per heavy atom. The van der Waals surface area contributed by atoms with Gasteiger partial charge in [0.15, 0.2) is 0 Å². The summed E-state index contributed by atoms with van der Waals surface area (Å²) in [6.45, 7) is 0. The van der Waals surface area contributed by atoms with Crippen molar-refractivity contribution in [3.63, 3.8) is 0 Å². The molecule has 0 fully saturated rings. The monoisotopic (exact) mass is 257 g/mol. The number of fused-ring (bicyclic) bond motifs is 5. The zero-order chi connectivity index (χ0) is 13.1. The third-order valence-electron chi connectivity index (χ3n) is 3.99. The Kier molecular flexibility index (Phi) is 1.70. The van der Waals surface area contributed by atoms with Crippen LogP contribution in [0.4, 0.5) is 0 Å². The van der Waals surface area contributed by atoms with Gasteiger partial charge in [-0.2, -0.15) is 0 Å². The van der Waals surface area contributed by atoms with Crippen molar-refractivity contribution in [2.24, 2.45) is 0 Å². The van der Waals surface area contributed by atoms with Crippen LogP contribution < -0.4 is 0 Å². The maximum Gasteiger partial charge on any atom is 0.218 e. The van der Waals surface area contributed by atoms with E-state index in [9.17, 15) is 0 Å². The van der Waals surface area contributed by atoms with Gasteiger partial charge in [0.25, 0.3) is 0 Å². The number of hydrogen-bond acceptors (Lipinski definition) is 1. The third kappa shape index (κ3) is 1.08. The van der Waals surface area contributed by atoms with Gasteiger partial charge in [0, 0.05) is 34.7 Å². The van der Waals surface area contributed by atoms with Gasteiger partial charge >= 0.3 is 0 Å². The van der Waals surface area contributed by atoms with E-state index in [-0.39, 0.29) is 0 Å². The molecule has 3 aromatic heterocycles. The summed E-state index contributed by atoms with van der Waals surface area (Å²) >= 11 is 0. The molecule has 0 aliphatic rings. The van der Waals surface area contributed by atoms with E-state index in [1.165, 1.54) is 27.2 Å². The van der Waals surface area contributed by atoms with E-state index in [4.69, 9.17) is 0 Å². The molecule has 20 heavy (non-hydrogen) atoms. The Balaban J connectivity index is 2.33. The second-order valence-electron chi connectivity index (χ2n) is 5.05. The average Bonchev–Trinajstić information content (AvgIpc) is 3.03. The largest absolute Gasteiger partial charge is 0.292 e. The molecule has 5 aromatic rings. The van der Waals surface area contributed by atoms with Crippen LogP contribution in [0.5, 0.6) is 0 Å². The van der Waals surface area contributed by atoms with Crippen molar-refractivity contribution in [2.75, 3.05) is 0 Å². The van der Waals surface area contributed by atoms with Crippen molar-refractivity contribution in [1.29, 1.82) is 0 Å². The van der Waals surface area contributed by atoms with Crippen LogP contribution in [-0.2, 0) is 0 Å². The number of benzene rings is 2. The van der Waals surface area contributed by atoms with Crippen LogP contribution in [0.2, 0.25) is 0 Å². The Bertz CT molecular complexity index is 1100. The Labute approximate surface area is 114 Å². The number of para-hydroxylation sites is 2.